The molecule has 0 bridgehead atoms. The summed E-state index contributed by atoms with van der Waals surface area (Å²) in [5.74, 6) is 0.214. The third kappa shape index (κ3) is 7.07. The number of aromatic nitrogens is 4. The smallest absolute Gasteiger partial charge is 0.756 e. The minimum Gasteiger partial charge on any atom is -0.756 e. The van der Waals surface area contributed by atoms with Crippen molar-refractivity contribution in [1.82, 2.24) is 19.5 Å². The standard InChI is InChI=1S/C10H16N5O10P3S.Na/c11-9-8-10(13-4-12-9)15(5-14-8)7-2-1-6(23-7)3-22-28(21,29)25-27(19,20)24-26(16,17)18;/h4-7H,1-3H2,(H,19,20)(H,21,29)(H2,11,12,13)(H2,16,17,18);/q;+1/p-1/t6-,7+,28?;/m0./s1. The van der Waals surface area contributed by atoms with Crippen molar-refractivity contribution < 1.29 is 76.1 Å². The summed E-state index contributed by atoms with van der Waals surface area (Å²) in [5, 5.41) is 0. The molecule has 2 aromatic rings. The maximum Gasteiger partial charge on any atom is 1.00 e. The fourth-order valence-corrected chi connectivity index (χ4v) is 6.53. The van der Waals surface area contributed by atoms with Gasteiger partial charge in [0.05, 0.1) is 19.0 Å². The van der Waals surface area contributed by atoms with Gasteiger partial charge >= 0.3 is 44.1 Å². The number of phosphoric acid groups is 2. The molecule has 5 atom stereocenters. The summed E-state index contributed by atoms with van der Waals surface area (Å²) in [6, 6.07) is 0. The number of nitrogens with two attached hydrogens (primary N) is 1. The van der Waals surface area contributed by atoms with Crippen LogP contribution in [0.25, 0.3) is 11.2 Å². The van der Waals surface area contributed by atoms with Gasteiger partial charge < -0.3 is 34.6 Å². The summed E-state index contributed by atoms with van der Waals surface area (Å²) >= 11 is 4.54. The van der Waals surface area contributed by atoms with Crippen molar-refractivity contribution in [2.45, 2.75) is 25.2 Å². The summed E-state index contributed by atoms with van der Waals surface area (Å²) in [5.41, 5.74) is 6.61. The summed E-state index contributed by atoms with van der Waals surface area (Å²) in [7, 11) is -11.0. The fraction of sp³-hybridized carbons (Fsp3) is 0.500. The van der Waals surface area contributed by atoms with Gasteiger partial charge in [-0.3, -0.25) is 9.13 Å². The van der Waals surface area contributed by atoms with E-state index in [0.717, 1.165) is 0 Å². The van der Waals surface area contributed by atoms with Crippen molar-refractivity contribution in [3.05, 3.63) is 12.7 Å². The van der Waals surface area contributed by atoms with Gasteiger partial charge in [-0.1, -0.05) is 0 Å². The molecule has 15 nitrogen and oxygen atoms in total. The number of ether oxygens (including phenoxy) is 1. The summed E-state index contributed by atoms with van der Waals surface area (Å²) in [6.45, 7) is -4.72. The maximum absolute atomic E-state index is 11.4. The van der Waals surface area contributed by atoms with Gasteiger partial charge in [-0.15, -0.1) is 0 Å². The SMILES string of the molecule is Nc1ncnc2c1ncn2[C@H]1CC[C@@H](COP(O)(=S)OP(=O)(O)OP(=O)([O-])O)O1.[Na+]. The summed E-state index contributed by atoms with van der Waals surface area (Å²) in [4.78, 5) is 50.1. The molecule has 0 amide bonds. The third-order valence-corrected chi connectivity index (χ3v) is 8.31. The van der Waals surface area contributed by atoms with Crippen LogP contribution in [-0.4, -0.2) is 46.9 Å². The predicted molar refractivity (Wildman–Crippen MR) is 97.2 cm³/mol. The fourth-order valence-electron chi connectivity index (χ4n) is 2.57. The van der Waals surface area contributed by atoms with Crippen LogP contribution in [0, 0.1) is 0 Å². The van der Waals surface area contributed by atoms with Crippen LogP contribution >= 0.6 is 22.4 Å². The number of hydrogen-bond acceptors (Lipinski definition) is 12. The summed E-state index contributed by atoms with van der Waals surface area (Å²) in [6.07, 6.45) is 2.68. The van der Waals surface area contributed by atoms with Crippen LogP contribution in [0.3, 0.4) is 0 Å². The average molecular weight is 513 g/mol. The van der Waals surface area contributed by atoms with Crippen molar-refractivity contribution >= 4 is 51.2 Å². The Kier molecular flexibility index (Phi) is 8.76. The zero-order valence-electron chi connectivity index (χ0n) is 15.2. The Morgan fingerprint density at radius 2 is 1.97 bits per heavy atom. The molecule has 1 aliphatic heterocycles. The molecule has 0 spiro atoms. The average Bonchev–Trinajstić information content (AvgIpc) is 3.16. The van der Waals surface area contributed by atoms with Gasteiger partial charge in [-0.25, -0.2) is 28.1 Å². The van der Waals surface area contributed by atoms with Crippen molar-refractivity contribution in [2.75, 3.05) is 12.3 Å². The molecule has 3 rings (SSSR count). The number of nitrogens with zero attached hydrogens (tertiary/aromatic N) is 4. The second kappa shape index (κ2) is 9.96. The van der Waals surface area contributed by atoms with Gasteiger partial charge in [0.1, 0.15) is 18.1 Å². The number of imidazole rings is 1. The van der Waals surface area contributed by atoms with Crippen molar-refractivity contribution in [3.63, 3.8) is 0 Å². The van der Waals surface area contributed by atoms with Crippen LogP contribution < -0.4 is 40.2 Å². The van der Waals surface area contributed by atoms with Crippen molar-refractivity contribution in [1.29, 1.82) is 0 Å². The van der Waals surface area contributed by atoms with E-state index < -0.39 is 34.7 Å². The van der Waals surface area contributed by atoms with E-state index in [0.29, 0.717) is 24.0 Å². The molecule has 3 unspecified atom stereocenters. The van der Waals surface area contributed by atoms with E-state index in [1.807, 2.05) is 0 Å². The molecule has 162 valence electrons. The van der Waals surface area contributed by atoms with E-state index in [9.17, 15) is 23.8 Å². The minimum atomic E-state index is -5.61. The zero-order chi connectivity index (χ0) is 21.4. The van der Waals surface area contributed by atoms with Gasteiger partial charge in [0.2, 0.25) is 0 Å². The predicted octanol–water partition coefficient (Wildman–Crippen LogP) is -3.08. The monoisotopic (exact) mass is 513 g/mol. The molecular formula is C10H15N5NaO10P3S. The van der Waals surface area contributed by atoms with Crippen molar-refractivity contribution in [3.8, 4) is 0 Å². The van der Waals surface area contributed by atoms with Crippen molar-refractivity contribution in [2.24, 2.45) is 0 Å². The number of rotatable bonds is 8. The molecule has 5 N–H and O–H groups in total. The largest absolute Gasteiger partial charge is 1.00 e. The van der Waals surface area contributed by atoms with Gasteiger partial charge in [0.25, 0.3) is 7.82 Å². The Morgan fingerprint density at radius 3 is 2.63 bits per heavy atom. The van der Waals surface area contributed by atoms with Crippen LogP contribution in [0.2, 0.25) is 0 Å². The summed E-state index contributed by atoms with van der Waals surface area (Å²) < 4.78 is 41.9. The molecule has 0 radical (unpaired) electrons. The van der Waals surface area contributed by atoms with E-state index in [4.69, 9.17) is 19.9 Å². The molecule has 30 heavy (non-hydrogen) atoms. The van der Waals surface area contributed by atoms with Gasteiger partial charge in [-0.2, -0.15) is 0 Å². The molecule has 0 saturated carbocycles. The molecule has 1 saturated heterocycles. The van der Waals surface area contributed by atoms with Crippen LogP contribution in [0.4, 0.5) is 5.82 Å². The number of fused-ring (bicyclic) bond motifs is 1. The number of anilines is 1. The Hall–Kier alpha value is 0.140. The van der Waals surface area contributed by atoms with E-state index in [1.54, 1.807) is 4.57 Å². The molecule has 0 aliphatic carbocycles. The number of hydrogen-bond donors (Lipinski definition) is 4. The molecule has 1 aliphatic rings. The quantitative estimate of drug-likeness (QED) is 0.203. The molecule has 1 fully saturated rings. The van der Waals surface area contributed by atoms with Crippen LogP contribution in [0.1, 0.15) is 19.1 Å². The first kappa shape index (κ1) is 26.4. The molecular weight excluding hydrogens is 498 g/mol. The van der Waals surface area contributed by atoms with Crippen LogP contribution in [0.15, 0.2) is 12.7 Å². The minimum absolute atomic E-state index is 0. The number of nitrogen functional groups attached to an aromatic ring is 1. The van der Waals surface area contributed by atoms with Gasteiger partial charge in [0.15, 0.2) is 11.5 Å². The first-order chi connectivity index (χ1) is 13.4. The third-order valence-electron chi connectivity index (χ3n) is 3.62. The van der Waals surface area contributed by atoms with E-state index >= 15 is 0 Å². The first-order valence-electron chi connectivity index (χ1n) is 7.70. The molecule has 20 heteroatoms. The molecule has 0 aromatic carbocycles. The first-order valence-corrected chi connectivity index (χ1v) is 13.3. The second-order valence-electron chi connectivity index (χ2n) is 5.74. The maximum atomic E-state index is 11.4. The van der Waals surface area contributed by atoms with E-state index in [1.165, 1.54) is 12.7 Å². The topological polar surface area (TPSA) is 224 Å². The van der Waals surface area contributed by atoms with E-state index in [2.05, 4.69) is 35.4 Å². The Balaban J connectivity index is 0.00000320. The van der Waals surface area contributed by atoms with Gasteiger partial charge in [-0.05, 0) is 24.6 Å². The van der Waals surface area contributed by atoms with Gasteiger partial charge in [0, 0.05) is 0 Å². The normalized spacial score (nSPS) is 25.2. The Labute approximate surface area is 196 Å². The van der Waals surface area contributed by atoms with E-state index in [-0.39, 0.29) is 42.0 Å². The molecule has 2 aromatic heterocycles. The molecule has 3 heterocycles. The Bertz CT molecular complexity index is 1050. The van der Waals surface area contributed by atoms with Crippen LogP contribution in [-0.2, 0) is 38.8 Å². The van der Waals surface area contributed by atoms with Crippen LogP contribution in [0.5, 0.6) is 0 Å². The second-order valence-corrected chi connectivity index (χ2v) is 11.5. The Morgan fingerprint density at radius 1 is 1.27 bits per heavy atom. The zero-order valence-corrected chi connectivity index (χ0v) is 20.7.